The van der Waals surface area contributed by atoms with Crippen LogP contribution in [0.5, 0.6) is 0 Å². The molecule has 1 atom stereocenters. The van der Waals surface area contributed by atoms with Crippen LogP contribution in [0.4, 0.5) is 11.8 Å². The van der Waals surface area contributed by atoms with E-state index in [-0.39, 0.29) is 0 Å². The van der Waals surface area contributed by atoms with Gasteiger partial charge in [0.15, 0.2) is 0 Å². The van der Waals surface area contributed by atoms with Crippen molar-refractivity contribution in [3.05, 3.63) is 10.9 Å². The number of nitrogens with one attached hydrogen (secondary N) is 1. The van der Waals surface area contributed by atoms with Gasteiger partial charge >= 0.3 is 0 Å². The summed E-state index contributed by atoms with van der Waals surface area (Å²) in [5.74, 6) is 1.62. The lowest BCUT2D eigenvalue weighted by Crippen LogP contribution is -2.46. The van der Waals surface area contributed by atoms with Crippen LogP contribution >= 0.6 is 11.3 Å². The van der Waals surface area contributed by atoms with Crippen molar-refractivity contribution in [2.75, 3.05) is 29.9 Å². The fourth-order valence-corrected chi connectivity index (χ4v) is 3.78. The molecule has 2 aromatic rings. The lowest BCUT2D eigenvalue weighted by Gasteiger charge is -2.37. The van der Waals surface area contributed by atoms with Crippen LogP contribution in [0.1, 0.15) is 31.6 Å². The molecule has 1 fully saturated rings. The third-order valence-electron chi connectivity index (χ3n) is 3.81. The van der Waals surface area contributed by atoms with Crippen molar-refractivity contribution in [2.24, 2.45) is 0 Å². The third kappa shape index (κ3) is 2.96. The standard InChI is InChI=1S/C15H22N4OS/c1-4-16-14-17-12(11-8-10(2)21-13(11)18-14)19-7-5-6-15(3,20)9-19/h8,20H,4-7,9H2,1-3H3,(H,16,17,18). The van der Waals surface area contributed by atoms with Crippen LogP contribution in [0.3, 0.4) is 0 Å². The largest absolute Gasteiger partial charge is 0.388 e. The van der Waals surface area contributed by atoms with Gasteiger partial charge in [0.05, 0.1) is 11.0 Å². The van der Waals surface area contributed by atoms with Gasteiger partial charge in [0.25, 0.3) is 0 Å². The number of anilines is 2. The Hall–Kier alpha value is -1.40. The minimum absolute atomic E-state index is 0.625. The van der Waals surface area contributed by atoms with E-state index in [1.807, 2.05) is 13.8 Å². The summed E-state index contributed by atoms with van der Waals surface area (Å²) in [6.07, 6.45) is 1.83. The lowest BCUT2D eigenvalue weighted by atomic mass is 9.95. The molecule has 21 heavy (non-hydrogen) atoms. The normalized spacial score (nSPS) is 22.8. The molecule has 0 aliphatic carbocycles. The van der Waals surface area contributed by atoms with E-state index < -0.39 is 5.60 Å². The van der Waals surface area contributed by atoms with Gasteiger partial charge in [-0.05, 0) is 39.7 Å². The number of rotatable bonds is 3. The van der Waals surface area contributed by atoms with Crippen LogP contribution in [0.15, 0.2) is 6.07 Å². The highest BCUT2D eigenvalue weighted by molar-refractivity contribution is 7.18. The molecule has 1 unspecified atom stereocenters. The van der Waals surface area contributed by atoms with Crippen LogP contribution in [-0.2, 0) is 0 Å². The van der Waals surface area contributed by atoms with Crippen molar-refractivity contribution < 1.29 is 5.11 Å². The second-order valence-corrected chi connectivity index (χ2v) is 7.23. The second-order valence-electron chi connectivity index (χ2n) is 6.00. The van der Waals surface area contributed by atoms with Gasteiger partial charge in [-0.1, -0.05) is 0 Å². The maximum absolute atomic E-state index is 10.4. The molecule has 6 heteroatoms. The van der Waals surface area contributed by atoms with E-state index in [0.717, 1.165) is 42.0 Å². The molecule has 3 rings (SSSR count). The Morgan fingerprint density at radius 2 is 2.29 bits per heavy atom. The highest BCUT2D eigenvalue weighted by Crippen LogP contribution is 2.34. The van der Waals surface area contributed by atoms with Crippen molar-refractivity contribution in [3.8, 4) is 0 Å². The van der Waals surface area contributed by atoms with E-state index in [0.29, 0.717) is 12.5 Å². The van der Waals surface area contributed by atoms with E-state index in [4.69, 9.17) is 4.98 Å². The monoisotopic (exact) mass is 306 g/mol. The number of β-amino-alcohol motifs (C(OH)–C–C–N with tert-alkyl or cyclic N) is 1. The predicted octanol–water partition coefficient (Wildman–Crippen LogP) is 2.78. The van der Waals surface area contributed by atoms with Crippen LogP contribution in [0.25, 0.3) is 10.2 Å². The van der Waals surface area contributed by atoms with Crippen molar-refractivity contribution in [1.82, 2.24) is 9.97 Å². The Balaban J connectivity index is 2.06. The zero-order valence-electron chi connectivity index (χ0n) is 12.8. The van der Waals surface area contributed by atoms with E-state index in [1.165, 1.54) is 4.88 Å². The number of hydrogen-bond acceptors (Lipinski definition) is 6. The maximum Gasteiger partial charge on any atom is 0.226 e. The van der Waals surface area contributed by atoms with Crippen molar-refractivity contribution in [1.29, 1.82) is 0 Å². The van der Waals surface area contributed by atoms with Crippen LogP contribution in [0, 0.1) is 6.92 Å². The summed E-state index contributed by atoms with van der Waals surface area (Å²) in [4.78, 5) is 13.7. The summed E-state index contributed by atoms with van der Waals surface area (Å²) in [6, 6.07) is 2.15. The zero-order valence-corrected chi connectivity index (χ0v) is 13.6. The van der Waals surface area contributed by atoms with Crippen molar-refractivity contribution >= 4 is 33.3 Å². The van der Waals surface area contributed by atoms with E-state index in [1.54, 1.807) is 11.3 Å². The first kappa shape index (κ1) is 14.5. The van der Waals surface area contributed by atoms with Gasteiger partial charge in [-0.2, -0.15) is 4.98 Å². The Kier molecular flexibility index (Phi) is 3.75. The topological polar surface area (TPSA) is 61.3 Å². The fourth-order valence-electron chi connectivity index (χ4n) is 2.91. The van der Waals surface area contributed by atoms with Gasteiger partial charge in [0, 0.05) is 24.5 Å². The average molecular weight is 306 g/mol. The summed E-state index contributed by atoms with van der Waals surface area (Å²) in [5.41, 5.74) is -0.640. The highest BCUT2D eigenvalue weighted by atomic mass is 32.1. The zero-order chi connectivity index (χ0) is 15.0. The smallest absolute Gasteiger partial charge is 0.226 e. The molecule has 0 saturated carbocycles. The number of fused-ring (bicyclic) bond motifs is 1. The van der Waals surface area contributed by atoms with Gasteiger partial charge in [0.2, 0.25) is 5.95 Å². The van der Waals surface area contributed by atoms with Crippen molar-refractivity contribution in [3.63, 3.8) is 0 Å². The Bertz CT molecular complexity index is 652. The minimum Gasteiger partial charge on any atom is -0.388 e. The van der Waals surface area contributed by atoms with Gasteiger partial charge in [-0.25, -0.2) is 4.98 Å². The van der Waals surface area contributed by atoms with Gasteiger partial charge < -0.3 is 15.3 Å². The van der Waals surface area contributed by atoms with Crippen LogP contribution < -0.4 is 10.2 Å². The molecule has 0 bridgehead atoms. The van der Waals surface area contributed by atoms with Crippen molar-refractivity contribution in [2.45, 2.75) is 39.2 Å². The van der Waals surface area contributed by atoms with E-state index in [9.17, 15) is 5.11 Å². The van der Waals surface area contributed by atoms with Crippen LogP contribution in [0.2, 0.25) is 0 Å². The second kappa shape index (κ2) is 5.42. The molecule has 5 nitrogen and oxygen atoms in total. The summed E-state index contributed by atoms with van der Waals surface area (Å²) in [5, 5.41) is 14.7. The molecular formula is C15H22N4OS. The third-order valence-corrected chi connectivity index (χ3v) is 4.75. The molecule has 0 radical (unpaired) electrons. The summed E-state index contributed by atoms with van der Waals surface area (Å²) < 4.78 is 0. The lowest BCUT2D eigenvalue weighted by molar-refractivity contribution is 0.0448. The molecular weight excluding hydrogens is 284 g/mol. The Morgan fingerprint density at radius 1 is 1.48 bits per heavy atom. The molecule has 1 saturated heterocycles. The SMILES string of the molecule is CCNc1nc(N2CCCC(C)(O)C2)c2cc(C)sc2n1. The number of aliphatic hydroxyl groups is 1. The summed E-state index contributed by atoms with van der Waals surface area (Å²) in [7, 11) is 0. The molecule has 2 aromatic heterocycles. The quantitative estimate of drug-likeness (QED) is 0.913. The Labute approximate surface area is 129 Å². The number of aromatic nitrogens is 2. The molecule has 3 heterocycles. The summed E-state index contributed by atoms with van der Waals surface area (Å²) >= 11 is 1.69. The first-order valence-corrected chi connectivity index (χ1v) is 8.29. The van der Waals surface area contributed by atoms with E-state index in [2.05, 4.69) is 28.2 Å². The van der Waals surface area contributed by atoms with Gasteiger partial charge in [-0.3, -0.25) is 0 Å². The fraction of sp³-hybridized carbons (Fsp3) is 0.600. The molecule has 1 aliphatic rings. The number of piperidine rings is 1. The molecule has 0 spiro atoms. The predicted molar refractivity (Wildman–Crippen MR) is 88.4 cm³/mol. The number of nitrogens with zero attached hydrogens (tertiary/aromatic N) is 3. The first-order valence-electron chi connectivity index (χ1n) is 7.48. The molecule has 2 N–H and O–H groups in total. The number of aryl methyl sites for hydroxylation is 1. The van der Waals surface area contributed by atoms with Crippen LogP contribution in [-0.4, -0.2) is 40.3 Å². The van der Waals surface area contributed by atoms with E-state index >= 15 is 0 Å². The maximum atomic E-state index is 10.4. The summed E-state index contributed by atoms with van der Waals surface area (Å²) in [6.45, 7) is 8.39. The molecule has 114 valence electrons. The van der Waals surface area contributed by atoms with Gasteiger partial charge in [0.1, 0.15) is 10.6 Å². The molecule has 1 aliphatic heterocycles. The first-order chi connectivity index (χ1) is 9.98. The highest BCUT2D eigenvalue weighted by Gasteiger charge is 2.30. The number of thiophene rings is 1. The molecule has 0 aromatic carbocycles. The molecule has 0 amide bonds. The average Bonchev–Trinajstić information content (AvgIpc) is 2.77. The minimum atomic E-state index is -0.640. The van der Waals surface area contributed by atoms with Gasteiger partial charge in [-0.15, -0.1) is 11.3 Å². The number of hydrogen-bond donors (Lipinski definition) is 2. The Morgan fingerprint density at radius 3 is 3.00 bits per heavy atom.